The van der Waals surface area contributed by atoms with Crippen LogP contribution in [0, 0.1) is 0 Å². The Bertz CT molecular complexity index is 1130. The molecule has 0 N–H and O–H groups in total. The molecule has 7 heteroatoms. The lowest BCUT2D eigenvalue weighted by molar-refractivity contribution is -0.133. The van der Waals surface area contributed by atoms with Crippen LogP contribution in [0.5, 0.6) is 17.2 Å². The molecule has 0 saturated carbocycles. The van der Waals surface area contributed by atoms with E-state index in [1.54, 1.807) is 19.2 Å². The van der Waals surface area contributed by atoms with E-state index in [4.69, 9.17) is 18.9 Å². The van der Waals surface area contributed by atoms with Gasteiger partial charge >= 0.3 is 5.97 Å². The zero-order valence-corrected chi connectivity index (χ0v) is 17.4. The molecule has 1 amide bonds. The maximum absolute atomic E-state index is 12.6. The molecule has 0 unspecified atom stereocenters. The van der Waals surface area contributed by atoms with E-state index in [1.807, 2.05) is 42.5 Å². The lowest BCUT2D eigenvalue weighted by Gasteiger charge is -2.21. The van der Waals surface area contributed by atoms with Crippen molar-refractivity contribution in [3.63, 3.8) is 0 Å². The number of amides is 1. The topological polar surface area (TPSA) is 74.3 Å². The summed E-state index contributed by atoms with van der Waals surface area (Å²) < 4.78 is 21.7. The molecule has 0 radical (unpaired) electrons. The number of fused-ring (bicyclic) bond motifs is 2. The first-order valence-corrected chi connectivity index (χ1v) is 9.91. The maximum Gasteiger partial charge on any atom is 0.342 e. The predicted molar refractivity (Wildman–Crippen MR) is 115 cm³/mol. The van der Waals surface area contributed by atoms with E-state index in [0.29, 0.717) is 37.0 Å². The lowest BCUT2D eigenvalue weighted by Crippen LogP contribution is -2.31. The minimum absolute atomic E-state index is 0.281. The van der Waals surface area contributed by atoms with Crippen LogP contribution in [0.2, 0.25) is 0 Å². The zero-order chi connectivity index (χ0) is 21.8. The van der Waals surface area contributed by atoms with Crippen molar-refractivity contribution in [2.75, 3.05) is 34.0 Å². The molecule has 0 bridgehead atoms. The van der Waals surface area contributed by atoms with Gasteiger partial charge in [0.25, 0.3) is 5.91 Å². The highest BCUT2D eigenvalue weighted by molar-refractivity contribution is 5.99. The Morgan fingerprint density at radius 3 is 2.42 bits per heavy atom. The van der Waals surface area contributed by atoms with Crippen molar-refractivity contribution >= 4 is 22.6 Å². The van der Waals surface area contributed by atoms with E-state index in [9.17, 15) is 9.59 Å². The molecule has 1 aliphatic heterocycles. The second-order valence-corrected chi connectivity index (χ2v) is 7.20. The maximum atomic E-state index is 12.6. The fraction of sp³-hybridized carbons (Fsp3) is 0.250. The summed E-state index contributed by atoms with van der Waals surface area (Å²) in [7, 11) is 3.15. The van der Waals surface area contributed by atoms with E-state index in [-0.39, 0.29) is 18.1 Å². The molecular formula is C24H23NO6. The number of likely N-dealkylation sites (N-methyl/N-ethyl adjacent to an activating group) is 1. The molecule has 3 aromatic carbocycles. The number of methoxy groups -OCH3 is 1. The molecule has 0 aliphatic carbocycles. The van der Waals surface area contributed by atoms with Crippen molar-refractivity contribution in [1.29, 1.82) is 0 Å². The van der Waals surface area contributed by atoms with Crippen molar-refractivity contribution in [2.24, 2.45) is 0 Å². The highest BCUT2D eigenvalue weighted by Crippen LogP contribution is 2.31. The SMILES string of the molecule is COc1cc2ccccc2cc1C(=O)OCC(=O)N(C)Cc1ccc2c(c1)OCCO2. The van der Waals surface area contributed by atoms with Gasteiger partial charge < -0.3 is 23.8 Å². The number of hydrogen-bond acceptors (Lipinski definition) is 6. The van der Waals surface area contributed by atoms with Crippen LogP contribution < -0.4 is 14.2 Å². The van der Waals surface area contributed by atoms with Crippen LogP contribution in [0.25, 0.3) is 10.8 Å². The Morgan fingerprint density at radius 1 is 0.968 bits per heavy atom. The van der Waals surface area contributed by atoms with Crippen LogP contribution in [-0.2, 0) is 16.1 Å². The van der Waals surface area contributed by atoms with E-state index in [2.05, 4.69) is 0 Å². The molecule has 4 rings (SSSR count). The number of hydrogen-bond donors (Lipinski definition) is 0. The Labute approximate surface area is 180 Å². The minimum atomic E-state index is -0.608. The number of esters is 1. The summed E-state index contributed by atoms with van der Waals surface area (Å²) in [4.78, 5) is 26.6. The molecular weight excluding hydrogens is 398 g/mol. The van der Waals surface area contributed by atoms with Gasteiger partial charge in [-0.15, -0.1) is 0 Å². The van der Waals surface area contributed by atoms with Gasteiger partial charge in [-0.25, -0.2) is 4.79 Å². The fourth-order valence-corrected chi connectivity index (χ4v) is 3.41. The molecule has 31 heavy (non-hydrogen) atoms. The average molecular weight is 421 g/mol. The number of ether oxygens (including phenoxy) is 4. The molecule has 1 heterocycles. The van der Waals surface area contributed by atoms with Crippen LogP contribution in [0.15, 0.2) is 54.6 Å². The summed E-state index contributed by atoms with van der Waals surface area (Å²) in [5.74, 6) is 0.842. The van der Waals surface area contributed by atoms with E-state index in [0.717, 1.165) is 16.3 Å². The molecule has 7 nitrogen and oxygen atoms in total. The lowest BCUT2D eigenvalue weighted by atomic mass is 10.1. The van der Waals surface area contributed by atoms with E-state index >= 15 is 0 Å². The van der Waals surface area contributed by atoms with Crippen LogP contribution in [0.1, 0.15) is 15.9 Å². The zero-order valence-electron chi connectivity index (χ0n) is 17.4. The van der Waals surface area contributed by atoms with Gasteiger partial charge in [0, 0.05) is 13.6 Å². The number of carbonyl (C=O) groups is 2. The highest BCUT2D eigenvalue weighted by Gasteiger charge is 2.19. The highest BCUT2D eigenvalue weighted by atomic mass is 16.6. The monoisotopic (exact) mass is 421 g/mol. The second-order valence-electron chi connectivity index (χ2n) is 7.20. The van der Waals surface area contributed by atoms with E-state index in [1.165, 1.54) is 12.0 Å². The van der Waals surface area contributed by atoms with Gasteiger partial charge in [-0.1, -0.05) is 30.3 Å². The van der Waals surface area contributed by atoms with Crippen LogP contribution >= 0.6 is 0 Å². The first kappa shape index (κ1) is 20.5. The largest absolute Gasteiger partial charge is 0.496 e. The van der Waals surface area contributed by atoms with Gasteiger partial charge in [0.05, 0.1) is 7.11 Å². The standard InChI is InChI=1S/C24H23NO6/c1-25(14-16-7-8-20-22(11-16)30-10-9-29-20)23(26)15-31-24(27)19-12-17-5-3-4-6-18(17)13-21(19)28-2/h3-8,11-13H,9-10,14-15H2,1-2H3. The van der Waals surface area contributed by atoms with Crippen LogP contribution in [0.3, 0.4) is 0 Å². The number of rotatable bonds is 6. The molecule has 3 aromatic rings. The first-order chi connectivity index (χ1) is 15.0. The van der Waals surface area contributed by atoms with Crippen molar-refractivity contribution in [2.45, 2.75) is 6.54 Å². The summed E-state index contributed by atoms with van der Waals surface area (Å²) in [6.45, 7) is 1.01. The summed E-state index contributed by atoms with van der Waals surface area (Å²) >= 11 is 0. The Hall–Kier alpha value is -3.74. The van der Waals surface area contributed by atoms with Gasteiger partial charge in [0.2, 0.25) is 0 Å². The molecule has 0 aromatic heterocycles. The third-order valence-corrected chi connectivity index (χ3v) is 5.07. The quantitative estimate of drug-likeness (QED) is 0.568. The fourth-order valence-electron chi connectivity index (χ4n) is 3.41. The van der Waals surface area contributed by atoms with E-state index < -0.39 is 5.97 Å². The Balaban J connectivity index is 1.39. The number of benzene rings is 3. The smallest absolute Gasteiger partial charge is 0.342 e. The average Bonchev–Trinajstić information content (AvgIpc) is 2.81. The Kier molecular flexibility index (Phi) is 5.93. The van der Waals surface area contributed by atoms with Crippen LogP contribution in [-0.4, -0.2) is 50.8 Å². The summed E-state index contributed by atoms with van der Waals surface area (Å²) in [5.41, 5.74) is 1.17. The summed E-state index contributed by atoms with van der Waals surface area (Å²) in [5, 5.41) is 1.84. The van der Waals surface area contributed by atoms with Gasteiger partial charge in [0.1, 0.15) is 24.5 Å². The van der Waals surface area contributed by atoms with Gasteiger partial charge in [-0.2, -0.15) is 0 Å². The summed E-state index contributed by atoms with van der Waals surface area (Å²) in [6, 6.07) is 16.7. The minimum Gasteiger partial charge on any atom is -0.496 e. The van der Waals surface area contributed by atoms with Crippen molar-refractivity contribution in [3.05, 3.63) is 65.7 Å². The third kappa shape index (κ3) is 4.55. The molecule has 160 valence electrons. The van der Waals surface area contributed by atoms with Crippen molar-refractivity contribution in [1.82, 2.24) is 4.90 Å². The molecule has 0 fully saturated rings. The Morgan fingerprint density at radius 2 is 1.68 bits per heavy atom. The van der Waals surface area contributed by atoms with Gasteiger partial charge in [-0.3, -0.25) is 4.79 Å². The van der Waals surface area contributed by atoms with Gasteiger partial charge in [-0.05, 0) is 40.6 Å². The van der Waals surface area contributed by atoms with Crippen molar-refractivity contribution in [3.8, 4) is 17.2 Å². The summed E-state index contributed by atoms with van der Waals surface area (Å²) in [6.07, 6.45) is 0. The molecule has 0 atom stereocenters. The normalized spacial score (nSPS) is 12.3. The molecule has 1 aliphatic rings. The number of nitrogens with zero attached hydrogens (tertiary/aromatic N) is 1. The van der Waals surface area contributed by atoms with Crippen LogP contribution in [0.4, 0.5) is 0 Å². The predicted octanol–water partition coefficient (Wildman–Crippen LogP) is 3.44. The third-order valence-electron chi connectivity index (χ3n) is 5.07. The molecule has 0 saturated heterocycles. The second kappa shape index (κ2) is 8.95. The van der Waals surface area contributed by atoms with Gasteiger partial charge in [0.15, 0.2) is 18.1 Å². The molecule has 0 spiro atoms. The first-order valence-electron chi connectivity index (χ1n) is 9.91. The number of carbonyl (C=O) groups excluding carboxylic acids is 2. The van der Waals surface area contributed by atoms with Crippen molar-refractivity contribution < 1.29 is 28.5 Å².